The molecule has 8 heteroatoms. The van der Waals surface area contributed by atoms with Crippen LogP contribution in [0.5, 0.6) is 11.5 Å². The van der Waals surface area contributed by atoms with Crippen molar-refractivity contribution in [2.75, 3.05) is 0 Å². The Kier molecular flexibility index (Phi) is 9.47. The van der Waals surface area contributed by atoms with E-state index in [4.69, 9.17) is 9.72 Å². The number of halogens is 3. The van der Waals surface area contributed by atoms with Crippen LogP contribution in [0.25, 0.3) is 53.5 Å². The van der Waals surface area contributed by atoms with Crippen molar-refractivity contribution in [1.82, 2.24) is 9.97 Å². The van der Waals surface area contributed by atoms with Gasteiger partial charge in [0.05, 0.1) is 11.2 Å². The molecule has 0 atom stereocenters. The first-order valence-electron chi connectivity index (χ1n) is 16.2. The summed E-state index contributed by atoms with van der Waals surface area (Å²) in [7, 11) is 0. The first kappa shape index (κ1) is 35.8. The van der Waals surface area contributed by atoms with E-state index in [1.54, 1.807) is 12.3 Å². The monoisotopic (exact) mass is 867 g/mol. The number of benzene rings is 4. The Morgan fingerprint density at radius 3 is 2.28 bits per heavy atom. The van der Waals surface area contributed by atoms with Crippen LogP contribution in [-0.2, 0) is 32.9 Å². The molecule has 0 aliphatic heterocycles. The van der Waals surface area contributed by atoms with Gasteiger partial charge in [-0.3, -0.25) is 0 Å². The molecule has 7 rings (SSSR count). The van der Waals surface area contributed by atoms with Crippen molar-refractivity contribution in [1.29, 1.82) is 0 Å². The van der Waals surface area contributed by atoms with Crippen molar-refractivity contribution >= 4 is 42.3 Å². The third kappa shape index (κ3) is 6.95. The number of hydrogen-bond donors (Lipinski definition) is 0. The maximum Gasteiger partial charge on any atom is 2.00 e. The van der Waals surface area contributed by atoms with Crippen LogP contribution < -0.4 is 4.74 Å². The SMILES string of the molecule is Cc1cc(Oc2[c-]c(-c3nccc4c3sc3cc(CC(C)(C)C(F)(F)F)ccc34)cc3ccccc23)[c-]c(-c2cc(C(C)(C)C)ccn2)c1.[Pt+2]. The van der Waals surface area contributed by atoms with Gasteiger partial charge in [-0.2, -0.15) is 13.2 Å². The summed E-state index contributed by atoms with van der Waals surface area (Å²) in [5.74, 6) is 1.10. The summed E-state index contributed by atoms with van der Waals surface area (Å²) in [6.07, 6.45) is -0.784. The summed E-state index contributed by atoms with van der Waals surface area (Å²) < 4.78 is 49.5. The molecule has 0 bridgehead atoms. The van der Waals surface area contributed by atoms with E-state index >= 15 is 0 Å². The van der Waals surface area contributed by atoms with Gasteiger partial charge < -0.3 is 14.7 Å². The van der Waals surface area contributed by atoms with Gasteiger partial charge in [-0.15, -0.1) is 40.2 Å². The number of pyridine rings is 2. The van der Waals surface area contributed by atoms with Gasteiger partial charge in [0.1, 0.15) is 0 Å². The van der Waals surface area contributed by atoms with Gasteiger partial charge in [-0.05, 0) is 57.6 Å². The molecule has 7 aromatic rings. The Morgan fingerprint density at radius 2 is 1.52 bits per heavy atom. The van der Waals surface area contributed by atoms with Gasteiger partial charge >= 0.3 is 27.2 Å². The Bertz CT molecular complexity index is 2370. The number of aryl methyl sites for hydroxylation is 1. The first-order valence-corrected chi connectivity index (χ1v) is 17.0. The Hall–Kier alpha value is -4.06. The molecule has 0 radical (unpaired) electrons. The summed E-state index contributed by atoms with van der Waals surface area (Å²) >= 11 is 1.53. The van der Waals surface area contributed by atoms with E-state index in [1.807, 2.05) is 67.7 Å². The summed E-state index contributed by atoms with van der Waals surface area (Å²) in [4.78, 5) is 9.44. The Morgan fingerprint density at radius 1 is 0.760 bits per heavy atom. The zero-order chi connectivity index (χ0) is 34.7. The standard InChI is InChI=1S/C42H35F3N2OS.Pt/c1-25-17-28(35-23-30(13-15-46-35)40(2,3)4)21-31(18-25)48-36-22-29(20-27-9-7-8-10-32(27)36)38-39-34(14-16-47-38)33-12-11-26(19-37(33)49-39)24-41(5,6)42(43,44)45;/h7-20,23H,24H2,1-6H3;/q-2;+2. The topological polar surface area (TPSA) is 35.0 Å². The fourth-order valence-corrected chi connectivity index (χ4v) is 7.37. The fraction of sp³-hybridized carbons (Fsp3) is 0.238. The second kappa shape index (κ2) is 13.2. The van der Waals surface area contributed by atoms with Crippen LogP contribution in [0.1, 0.15) is 51.3 Å². The smallest absolute Gasteiger partial charge is 0.496 e. The molecule has 0 aliphatic carbocycles. The molecule has 3 aromatic heterocycles. The van der Waals surface area contributed by atoms with Crippen molar-refractivity contribution in [3.05, 3.63) is 120 Å². The van der Waals surface area contributed by atoms with Crippen molar-refractivity contribution in [3.63, 3.8) is 0 Å². The largest absolute Gasteiger partial charge is 2.00 e. The van der Waals surface area contributed by atoms with E-state index in [0.717, 1.165) is 59.0 Å². The van der Waals surface area contributed by atoms with E-state index in [9.17, 15) is 13.2 Å². The molecule has 0 amide bonds. The molecule has 4 aromatic carbocycles. The van der Waals surface area contributed by atoms with Crippen LogP contribution in [0.15, 0.2) is 91.3 Å². The van der Waals surface area contributed by atoms with Gasteiger partial charge in [0.2, 0.25) is 0 Å². The molecular formula is C42H35F3N2OPtS. The summed E-state index contributed by atoms with van der Waals surface area (Å²) in [5.41, 5.74) is 4.17. The minimum Gasteiger partial charge on any atom is -0.496 e. The quantitative estimate of drug-likeness (QED) is 0.156. The maximum absolute atomic E-state index is 13.7. The predicted molar refractivity (Wildman–Crippen MR) is 194 cm³/mol. The molecule has 50 heavy (non-hydrogen) atoms. The summed E-state index contributed by atoms with van der Waals surface area (Å²) in [6, 6.07) is 32.7. The molecule has 0 aliphatic rings. The normalized spacial score (nSPS) is 12.4. The molecule has 0 N–H and O–H groups in total. The minimum atomic E-state index is -4.29. The third-order valence-corrected chi connectivity index (χ3v) is 10.2. The molecule has 0 saturated carbocycles. The number of fused-ring (bicyclic) bond motifs is 4. The number of rotatable bonds is 6. The van der Waals surface area contributed by atoms with Gasteiger partial charge in [0.15, 0.2) is 0 Å². The molecule has 0 fully saturated rings. The van der Waals surface area contributed by atoms with E-state index in [-0.39, 0.29) is 32.9 Å². The number of thiophene rings is 1. The van der Waals surface area contributed by atoms with Crippen LogP contribution >= 0.6 is 11.3 Å². The number of alkyl halides is 3. The fourth-order valence-electron chi connectivity index (χ4n) is 6.11. The van der Waals surface area contributed by atoms with E-state index in [2.05, 4.69) is 56.1 Å². The zero-order valence-electron chi connectivity index (χ0n) is 28.5. The molecular weight excluding hydrogens is 833 g/mol. The van der Waals surface area contributed by atoms with Crippen molar-refractivity contribution in [2.24, 2.45) is 5.41 Å². The first-order chi connectivity index (χ1) is 23.2. The van der Waals surface area contributed by atoms with Crippen LogP contribution in [-0.4, -0.2) is 16.1 Å². The number of aromatic nitrogens is 2. The predicted octanol–water partition coefficient (Wildman–Crippen LogP) is 12.5. The molecule has 3 heterocycles. The van der Waals surface area contributed by atoms with Crippen LogP contribution in [0.2, 0.25) is 0 Å². The summed E-state index contributed by atoms with van der Waals surface area (Å²) in [5, 5.41) is 3.85. The van der Waals surface area contributed by atoms with E-state index < -0.39 is 11.6 Å². The van der Waals surface area contributed by atoms with E-state index in [0.29, 0.717) is 17.1 Å². The number of hydrogen-bond acceptors (Lipinski definition) is 4. The van der Waals surface area contributed by atoms with Gasteiger partial charge in [-0.1, -0.05) is 113 Å². The molecule has 0 unspecified atom stereocenters. The second-order valence-corrected chi connectivity index (χ2v) is 15.4. The Balaban J connectivity index is 0.00000432. The van der Waals surface area contributed by atoms with Gasteiger partial charge in [0, 0.05) is 33.2 Å². The number of nitrogens with zero attached hydrogens (tertiary/aromatic N) is 2. The Labute approximate surface area is 308 Å². The van der Waals surface area contributed by atoms with Crippen molar-refractivity contribution in [2.45, 2.75) is 59.6 Å². The average Bonchev–Trinajstić information content (AvgIpc) is 3.41. The minimum absolute atomic E-state index is 0. The zero-order valence-corrected chi connectivity index (χ0v) is 31.6. The second-order valence-electron chi connectivity index (χ2n) is 14.3. The third-order valence-electron chi connectivity index (χ3n) is 8.98. The van der Waals surface area contributed by atoms with E-state index in [1.165, 1.54) is 30.7 Å². The molecule has 0 saturated heterocycles. The summed E-state index contributed by atoms with van der Waals surface area (Å²) in [6.45, 7) is 11.1. The van der Waals surface area contributed by atoms with Crippen molar-refractivity contribution < 1.29 is 39.0 Å². The van der Waals surface area contributed by atoms with Crippen LogP contribution in [0.3, 0.4) is 0 Å². The maximum atomic E-state index is 13.7. The molecule has 256 valence electrons. The number of ether oxygens (including phenoxy) is 1. The van der Waals surface area contributed by atoms with Crippen LogP contribution in [0, 0.1) is 24.5 Å². The van der Waals surface area contributed by atoms with Gasteiger partial charge in [-0.25, -0.2) is 0 Å². The molecule has 3 nitrogen and oxygen atoms in total. The molecule has 0 spiro atoms. The van der Waals surface area contributed by atoms with Crippen LogP contribution in [0.4, 0.5) is 13.2 Å². The van der Waals surface area contributed by atoms with Crippen molar-refractivity contribution in [3.8, 4) is 34.0 Å². The van der Waals surface area contributed by atoms with Gasteiger partial charge in [0.25, 0.3) is 0 Å². The average molecular weight is 868 g/mol.